The van der Waals surface area contributed by atoms with E-state index < -0.39 is 15.8 Å². The first-order valence-electron chi connectivity index (χ1n) is 7.55. The summed E-state index contributed by atoms with van der Waals surface area (Å²) in [6.45, 7) is 0.780. The maximum Gasteiger partial charge on any atom is 0.335 e. The van der Waals surface area contributed by atoms with Gasteiger partial charge >= 0.3 is 5.97 Å². The molecule has 2 saturated heterocycles. The first-order valence-corrected chi connectivity index (χ1v) is 9.37. The van der Waals surface area contributed by atoms with E-state index in [0.29, 0.717) is 18.8 Å². The maximum absolute atomic E-state index is 12.4. The molecule has 3 rings (SSSR count). The van der Waals surface area contributed by atoms with Gasteiger partial charge in [0.2, 0.25) is 0 Å². The van der Waals surface area contributed by atoms with Crippen molar-refractivity contribution in [2.75, 3.05) is 31.2 Å². The SMILES string of the molecule is O=C(O)c1ccc(OCC(=O)N2CCN[C@H]3CS(=O)(=O)C[C@H]32)cc1. The van der Waals surface area contributed by atoms with Crippen LogP contribution in [0.5, 0.6) is 5.75 Å². The molecule has 1 amide bonds. The van der Waals surface area contributed by atoms with Crippen molar-refractivity contribution >= 4 is 21.7 Å². The number of nitrogens with one attached hydrogen (secondary N) is 1. The highest BCUT2D eigenvalue weighted by Crippen LogP contribution is 2.21. The van der Waals surface area contributed by atoms with Crippen LogP contribution >= 0.6 is 0 Å². The molecule has 2 heterocycles. The summed E-state index contributed by atoms with van der Waals surface area (Å²) < 4.78 is 29.0. The Morgan fingerprint density at radius 2 is 1.96 bits per heavy atom. The van der Waals surface area contributed by atoms with Crippen molar-refractivity contribution < 1.29 is 27.9 Å². The van der Waals surface area contributed by atoms with Gasteiger partial charge in [0.1, 0.15) is 5.75 Å². The summed E-state index contributed by atoms with van der Waals surface area (Å²) in [5, 5.41) is 12.0. The Labute approximate surface area is 139 Å². The number of sulfone groups is 1. The van der Waals surface area contributed by atoms with Crippen LogP contribution in [0.25, 0.3) is 0 Å². The summed E-state index contributed by atoms with van der Waals surface area (Å²) in [4.78, 5) is 24.7. The molecule has 2 N–H and O–H groups in total. The molecule has 0 aliphatic carbocycles. The summed E-state index contributed by atoms with van der Waals surface area (Å²) in [6.07, 6.45) is 0. The Morgan fingerprint density at radius 1 is 1.25 bits per heavy atom. The van der Waals surface area contributed by atoms with Crippen molar-refractivity contribution in [2.24, 2.45) is 0 Å². The van der Waals surface area contributed by atoms with Crippen LogP contribution in [0.1, 0.15) is 10.4 Å². The zero-order valence-corrected chi connectivity index (χ0v) is 13.7. The van der Waals surface area contributed by atoms with E-state index in [4.69, 9.17) is 9.84 Å². The first-order chi connectivity index (χ1) is 11.4. The third-order valence-corrected chi connectivity index (χ3v) is 5.98. The minimum Gasteiger partial charge on any atom is -0.484 e. The van der Waals surface area contributed by atoms with Crippen LogP contribution < -0.4 is 10.1 Å². The van der Waals surface area contributed by atoms with Crippen LogP contribution in [-0.4, -0.2) is 73.6 Å². The molecule has 2 fully saturated rings. The zero-order valence-electron chi connectivity index (χ0n) is 12.8. The number of hydrogen-bond donors (Lipinski definition) is 2. The summed E-state index contributed by atoms with van der Waals surface area (Å²) in [7, 11) is -3.13. The van der Waals surface area contributed by atoms with Crippen molar-refractivity contribution in [2.45, 2.75) is 12.1 Å². The molecule has 2 aliphatic heterocycles. The molecular weight excluding hydrogens is 336 g/mol. The van der Waals surface area contributed by atoms with Crippen LogP contribution in [0.2, 0.25) is 0 Å². The van der Waals surface area contributed by atoms with Gasteiger partial charge in [0.25, 0.3) is 5.91 Å². The van der Waals surface area contributed by atoms with Gasteiger partial charge in [-0.1, -0.05) is 0 Å². The molecule has 8 nitrogen and oxygen atoms in total. The van der Waals surface area contributed by atoms with E-state index in [9.17, 15) is 18.0 Å². The highest BCUT2D eigenvalue weighted by atomic mass is 32.2. The Morgan fingerprint density at radius 3 is 2.62 bits per heavy atom. The molecule has 0 spiro atoms. The molecule has 1 aromatic carbocycles. The lowest BCUT2D eigenvalue weighted by molar-refractivity contribution is -0.136. The second-order valence-corrected chi connectivity index (χ2v) is 8.06. The molecule has 0 radical (unpaired) electrons. The molecule has 2 aliphatic rings. The molecule has 0 aromatic heterocycles. The average Bonchev–Trinajstić information content (AvgIpc) is 2.86. The normalized spacial score (nSPS) is 25.1. The molecule has 0 bridgehead atoms. The lowest BCUT2D eigenvalue weighted by atomic mass is 10.1. The Kier molecular flexibility index (Phi) is 4.46. The number of fused-ring (bicyclic) bond motifs is 1. The monoisotopic (exact) mass is 354 g/mol. The number of carbonyl (C=O) groups excluding carboxylic acids is 1. The third kappa shape index (κ3) is 3.51. The number of ether oxygens (including phenoxy) is 1. The lowest BCUT2D eigenvalue weighted by Crippen LogP contribution is -2.59. The smallest absolute Gasteiger partial charge is 0.335 e. The van der Waals surface area contributed by atoms with E-state index in [1.807, 2.05) is 0 Å². The van der Waals surface area contributed by atoms with E-state index in [1.54, 1.807) is 4.90 Å². The average molecular weight is 354 g/mol. The van der Waals surface area contributed by atoms with Crippen molar-refractivity contribution in [3.05, 3.63) is 29.8 Å². The Bertz CT molecular complexity index is 746. The summed E-state index contributed by atoms with van der Waals surface area (Å²) in [5.74, 6) is -0.889. The van der Waals surface area contributed by atoms with Gasteiger partial charge < -0.3 is 20.1 Å². The number of benzene rings is 1. The van der Waals surface area contributed by atoms with Crippen LogP contribution in [0.15, 0.2) is 24.3 Å². The van der Waals surface area contributed by atoms with E-state index in [1.165, 1.54) is 24.3 Å². The molecular formula is C15H18N2O6S. The van der Waals surface area contributed by atoms with Gasteiger partial charge in [-0.2, -0.15) is 0 Å². The lowest BCUT2D eigenvalue weighted by Gasteiger charge is -2.37. The van der Waals surface area contributed by atoms with Gasteiger partial charge in [-0.05, 0) is 24.3 Å². The summed E-state index contributed by atoms with van der Waals surface area (Å²) >= 11 is 0. The molecule has 9 heteroatoms. The molecule has 24 heavy (non-hydrogen) atoms. The van der Waals surface area contributed by atoms with Gasteiger partial charge in [0.15, 0.2) is 16.4 Å². The van der Waals surface area contributed by atoms with E-state index in [-0.39, 0.29) is 41.7 Å². The quantitative estimate of drug-likeness (QED) is 0.739. The van der Waals surface area contributed by atoms with Crippen molar-refractivity contribution in [3.8, 4) is 5.75 Å². The highest BCUT2D eigenvalue weighted by Gasteiger charge is 2.44. The minimum atomic E-state index is -3.13. The number of carboxylic acids is 1. The van der Waals surface area contributed by atoms with Gasteiger partial charge in [-0.25, -0.2) is 13.2 Å². The van der Waals surface area contributed by atoms with Crippen molar-refractivity contribution in [3.63, 3.8) is 0 Å². The fourth-order valence-corrected chi connectivity index (χ4v) is 5.05. The number of nitrogens with zero attached hydrogens (tertiary/aromatic N) is 1. The van der Waals surface area contributed by atoms with Crippen LogP contribution in [0, 0.1) is 0 Å². The van der Waals surface area contributed by atoms with E-state index >= 15 is 0 Å². The first kappa shape index (κ1) is 16.7. The maximum atomic E-state index is 12.4. The molecule has 130 valence electrons. The van der Waals surface area contributed by atoms with Gasteiger partial charge in [-0.3, -0.25) is 4.79 Å². The van der Waals surface area contributed by atoms with Crippen LogP contribution in [-0.2, 0) is 14.6 Å². The number of piperazine rings is 1. The predicted molar refractivity (Wildman–Crippen MR) is 84.8 cm³/mol. The van der Waals surface area contributed by atoms with Crippen LogP contribution in [0.3, 0.4) is 0 Å². The topological polar surface area (TPSA) is 113 Å². The summed E-state index contributed by atoms with van der Waals surface area (Å²) in [5.41, 5.74) is 0.134. The Balaban J connectivity index is 1.61. The number of aromatic carboxylic acids is 1. The number of carbonyl (C=O) groups is 2. The highest BCUT2D eigenvalue weighted by molar-refractivity contribution is 7.91. The number of hydrogen-bond acceptors (Lipinski definition) is 6. The van der Waals surface area contributed by atoms with E-state index in [0.717, 1.165) is 0 Å². The largest absolute Gasteiger partial charge is 0.484 e. The molecule has 1 aromatic rings. The second kappa shape index (κ2) is 6.40. The standard InChI is InChI=1S/C15H18N2O6S/c18-14(7-23-11-3-1-10(2-4-11)15(19)20)17-6-5-16-12-8-24(21,22)9-13(12)17/h1-4,12-13,16H,5-9H2,(H,19,20)/t12-,13+/m0/s1. The number of amides is 1. The fraction of sp³-hybridized carbons (Fsp3) is 0.467. The summed E-state index contributed by atoms with van der Waals surface area (Å²) in [6, 6.07) is 5.19. The third-order valence-electron chi connectivity index (χ3n) is 4.27. The molecule has 0 unspecified atom stereocenters. The van der Waals surface area contributed by atoms with Gasteiger partial charge in [0.05, 0.1) is 23.1 Å². The Hall–Kier alpha value is -2.13. The van der Waals surface area contributed by atoms with E-state index in [2.05, 4.69) is 5.32 Å². The minimum absolute atomic E-state index is 0.0241. The number of rotatable bonds is 4. The van der Waals surface area contributed by atoms with Crippen LogP contribution in [0.4, 0.5) is 0 Å². The predicted octanol–water partition coefficient (Wildman–Crippen LogP) is -0.639. The second-order valence-electron chi connectivity index (χ2n) is 5.91. The fourth-order valence-electron chi connectivity index (χ4n) is 3.10. The van der Waals surface area contributed by atoms with Crippen molar-refractivity contribution in [1.29, 1.82) is 0 Å². The number of carboxylic acid groups (broad SMARTS) is 1. The molecule has 2 atom stereocenters. The van der Waals surface area contributed by atoms with Crippen molar-refractivity contribution in [1.82, 2.24) is 10.2 Å². The van der Waals surface area contributed by atoms with Gasteiger partial charge in [-0.15, -0.1) is 0 Å². The zero-order chi connectivity index (χ0) is 17.3. The molecule has 0 saturated carbocycles. The van der Waals surface area contributed by atoms with Gasteiger partial charge in [0, 0.05) is 19.1 Å².